The summed E-state index contributed by atoms with van der Waals surface area (Å²) >= 11 is 0. The number of piperazine rings is 1. The highest BCUT2D eigenvalue weighted by Gasteiger charge is 2.53. The monoisotopic (exact) mass is 393 g/mol. The van der Waals surface area contributed by atoms with Crippen molar-refractivity contribution in [3.8, 4) is 0 Å². The lowest BCUT2D eigenvalue weighted by Crippen LogP contribution is -2.55. The SMILES string of the molecule is C[C@@H]1CN(c2cc(F)c(B3OC(C)(C)C(C)(C)O3)cc2[N+](=O)[O-])C[C@H](C)N1C. The maximum Gasteiger partial charge on any atom is 0.498 e. The van der Waals surface area contributed by atoms with Gasteiger partial charge in [0.1, 0.15) is 11.5 Å². The van der Waals surface area contributed by atoms with Crippen molar-refractivity contribution < 1.29 is 18.6 Å². The number of nitro benzene ring substituents is 1. The van der Waals surface area contributed by atoms with E-state index in [0.29, 0.717) is 18.8 Å². The number of anilines is 1. The molecule has 3 rings (SSSR count). The zero-order chi connectivity index (χ0) is 21.0. The topological polar surface area (TPSA) is 68.1 Å². The van der Waals surface area contributed by atoms with Gasteiger partial charge in [-0.3, -0.25) is 15.0 Å². The minimum absolute atomic E-state index is 0.0596. The number of rotatable bonds is 3. The van der Waals surface area contributed by atoms with Crippen molar-refractivity contribution in [1.82, 2.24) is 4.90 Å². The molecule has 0 saturated carbocycles. The van der Waals surface area contributed by atoms with E-state index in [1.807, 2.05) is 39.6 Å². The van der Waals surface area contributed by atoms with E-state index >= 15 is 4.39 Å². The van der Waals surface area contributed by atoms with Gasteiger partial charge in [-0.1, -0.05) is 0 Å². The van der Waals surface area contributed by atoms with Crippen molar-refractivity contribution in [2.75, 3.05) is 25.0 Å². The molecule has 2 saturated heterocycles. The van der Waals surface area contributed by atoms with E-state index in [4.69, 9.17) is 9.31 Å². The lowest BCUT2D eigenvalue weighted by atomic mass is 9.78. The van der Waals surface area contributed by atoms with Crippen LogP contribution in [0.25, 0.3) is 0 Å². The van der Waals surface area contributed by atoms with Crippen molar-refractivity contribution in [2.24, 2.45) is 0 Å². The highest BCUT2D eigenvalue weighted by molar-refractivity contribution is 6.62. The van der Waals surface area contributed by atoms with Gasteiger partial charge in [0, 0.05) is 42.8 Å². The van der Waals surface area contributed by atoms with Crippen LogP contribution >= 0.6 is 0 Å². The number of benzene rings is 1. The first kappa shape index (κ1) is 21.0. The van der Waals surface area contributed by atoms with Crippen LogP contribution in [0.1, 0.15) is 41.5 Å². The van der Waals surface area contributed by atoms with Crippen LogP contribution in [-0.4, -0.2) is 60.4 Å². The minimum atomic E-state index is -0.983. The first-order valence-corrected chi connectivity index (χ1v) is 9.64. The summed E-state index contributed by atoms with van der Waals surface area (Å²) in [6.07, 6.45) is 0. The molecular weight excluding hydrogens is 364 g/mol. The second-order valence-corrected chi connectivity index (χ2v) is 8.98. The van der Waals surface area contributed by atoms with E-state index in [1.165, 1.54) is 12.1 Å². The van der Waals surface area contributed by atoms with E-state index in [2.05, 4.69) is 18.7 Å². The molecule has 2 fully saturated rings. The van der Waals surface area contributed by atoms with Crippen molar-refractivity contribution in [1.29, 1.82) is 0 Å². The Morgan fingerprint density at radius 2 is 1.64 bits per heavy atom. The van der Waals surface area contributed by atoms with E-state index in [-0.39, 0.29) is 23.2 Å². The van der Waals surface area contributed by atoms with Crippen LogP contribution in [0.15, 0.2) is 12.1 Å². The van der Waals surface area contributed by atoms with Crippen LogP contribution in [-0.2, 0) is 9.31 Å². The van der Waals surface area contributed by atoms with Crippen LogP contribution in [0, 0.1) is 15.9 Å². The van der Waals surface area contributed by atoms with Crippen LogP contribution in [0.4, 0.5) is 15.8 Å². The van der Waals surface area contributed by atoms with Crippen molar-refractivity contribution >= 4 is 24.0 Å². The summed E-state index contributed by atoms with van der Waals surface area (Å²) < 4.78 is 26.8. The van der Waals surface area contributed by atoms with Crippen LogP contribution in [0.2, 0.25) is 0 Å². The van der Waals surface area contributed by atoms with Crippen LogP contribution in [0.5, 0.6) is 0 Å². The van der Waals surface area contributed by atoms with Gasteiger partial charge in [0.15, 0.2) is 0 Å². The molecule has 2 atom stereocenters. The predicted octanol–water partition coefficient (Wildman–Crippen LogP) is 2.56. The fourth-order valence-corrected chi connectivity index (χ4v) is 3.72. The number of hydrogen-bond donors (Lipinski definition) is 0. The summed E-state index contributed by atoms with van der Waals surface area (Å²) in [7, 11) is 1.05. The molecule has 9 heteroatoms. The van der Waals surface area contributed by atoms with E-state index in [9.17, 15) is 10.1 Å². The van der Waals surface area contributed by atoms with Gasteiger partial charge in [-0.15, -0.1) is 0 Å². The molecule has 2 heterocycles. The van der Waals surface area contributed by atoms with E-state index in [0.717, 1.165) is 0 Å². The van der Waals surface area contributed by atoms with E-state index in [1.54, 1.807) is 0 Å². The molecule has 0 N–H and O–H groups in total. The van der Waals surface area contributed by atoms with Gasteiger partial charge in [0.2, 0.25) is 0 Å². The third-order valence-corrected chi connectivity index (χ3v) is 6.50. The van der Waals surface area contributed by atoms with Crippen molar-refractivity contribution in [3.63, 3.8) is 0 Å². The van der Waals surface area contributed by atoms with Gasteiger partial charge in [0.05, 0.1) is 16.1 Å². The summed E-state index contributed by atoms with van der Waals surface area (Å²) in [4.78, 5) is 15.4. The smallest absolute Gasteiger partial charge is 0.399 e. The van der Waals surface area contributed by atoms with Crippen molar-refractivity contribution in [2.45, 2.75) is 64.8 Å². The molecule has 0 aliphatic carbocycles. The molecule has 28 heavy (non-hydrogen) atoms. The third-order valence-electron chi connectivity index (χ3n) is 6.50. The number of nitrogens with zero attached hydrogens (tertiary/aromatic N) is 3. The zero-order valence-corrected chi connectivity index (χ0v) is 17.7. The summed E-state index contributed by atoms with van der Waals surface area (Å²) in [6, 6.07) is 2.92. The fourth-order valence-electron chi connectivity index (χ4n) is 3.72. The molecule has 1 aromatic rings. The standard InChI is InChI=1S/C19H29BFN3O4/c1-12-10-23(11-13(2)22(12)7)16-9-15(21)14(8-17(16)24(25)26)20-27-18(3,4)19(5,6)28-20/h8-9,12-13H,10-11H2,1-7H3/t12-,13+. The highest BCUT2D eigenvalue weighted by Crippen LogP contribution is 2.38. The molecule has 154 valence electrons. The van der Waals surface area contributed by atoms with Gasteiger partial charge < -0.3 is 14.2 Å². The quantitative estimate of drug-likeness (QED) is 0.447. The fraction of sp³-hybridized carbons (Fsp3) is 0.684. The van der Waals surface area contributed by atoms with Gasteiger partial charge in [-0.2, -0.15) is 0 Å². The van der Waals surface area contributed by atoms with Gasteiger partial charge in [0.25, 0.3) is 5.69 Å². The molecule has 0 radical (unpaired) electrons. The number of nitro groups is 1. The number of likely N-dealkylation sites (N-methyl/N-ethyl adjacent to an activating group) is 1. The molecule has 0 amide bonds. The maximum atomic E-state index is 15.1. The molecule has 7 nitrogen and oxygen atoms in total. The largest absolute Gasteiger partial charge is 0.498 e. The second kappa shape index (κ2) is 6.97. The normalized spacial score (nSPS) is 27.3. The Bertz CT molecular complexity index is 761. The molecule has 2 aliphatic rings. The summed E-state index contributed by atoms with van der Waals surface area (Å²) in [6.45, 7) is 12.8. The lowest BCUT2D eigenvalue weighted by Gasteiger charge is -2.43. The first-order valence-electron chi connectivity index (χ1n) is 9.64. The van der Waals surface area contributed by atoms with Gasteiger partial charge in [-0.05, 0) is 48.6 Å². The van der Waals surface area contributed by atoms with E-state index < -0.39 is 29.1 Å². The summed E-state index contributed by atoms with van der Waals surface area (Å²) in [5.41, 5.74) is -1.08. The van der Waals surface area contributed by atoms with Gasteiger partial charge in [-0.25, -0.2) is 4.39 Å². The molecule has 2 aliphatic heterocycles. The Balaban J connectivity index is 1.99. The summed E-state index contributed by atoms with van der Waals surface area (Å²) in [5.74, 6) is -0.557. The van der Waals surface area contributed by atoms with Crippen LogP contribution < -0.4 is 10.4 Å². The average molecular weight is 393 g/mol. The second-order valence-electron chi connectivity index (χ2n) is 8.98. The maximum absolute atomic E-state index is 15.1. The first-order chi connectivity index (χ1) is 12.8. The Hall–Kier alpha value is -1.71. The van der Waals surface area contributed by atoms with Gasteiger partial charge >= 0.3 is 7.12 Å². The molecule has 0 aromatic heterocycles. The zero-order valence-electron chi connectivity index (χ0n) is 17.7. The Labute approximate surface area is 166 Å². The lowest BCUT2D eigenvalue weighted by molar-refractivity contribution is -0.384. The number of hydrogen-bond acceptors (Lipinski definition) is 6. The third kappa shape index (κ3) is 3.51. The molecule has 0 bridgehead atoms. The predicted molar refractivity (Wildman–Crippen MR) is 108 cm³/mol. The molecule has 0 unspecified atom stereocenters. The highest BCUT2D eigenvalue weighted by atomic mass is 19.1. The molecule has 1 aromatic carbocycles. The summed E-state index contributed by atoms with van der Waals surface area (Å²) in [5, 5.41) is 11.8. The number of halogens is 1. The Kier molecular flexibility index (Phi) is 5.23. The minimum Gasteiger partial charge on any atom is -0.399 e. The average Bonchev–Trinajstić information content (AvgIpc) is 2.79. The van der Waals surface area contributed by atoms with Crippen molar-refractivity contribution in [3.05, 3.63) is 28.1 Å². The Morgan fingerprint density at radius 1 is 1.14 bits per heavy atom. The molecule has 0 spiro atoms. The molecular formula is C19H29BFN3O4. The van der Waals surface area contributed by atoms with Crippen LogP contribution in [0.3, 0.4) is 0 Å². The Morgan fingerprint density at radius 3 is 2.11 bits per heavy atom.